The molecule has 0 aliphatic heterocycles. The molecule has 2 aromatic heterocycles. The second kappa shape index (κ2) is 8.27. The van der Waals surface area contributed by atoms with Crippen LogP contribution >= 0.6 is 11.3 Å². The minimum atomic E-state index is 0.703. The summed E-state index contributed by atoms with van der Waals surface area (Å²) in [6.45, 7) is 8.39. The van der Waals surface area contributed by atoms with E-state index in [1.165, 1.54) is 9.75 Å². The van der Waals surface area contributed by atoms with Gasteiger partial charge >= 0.3 is 0 Å². The minimum Gasteiger partial charge on any atom is -0.312 e. The molecule has 0 aliphatic carbocycles. The molecule has 2 rings (SSSR count). The van der Waals surface area contributed by atoms with Crippen molar-refractivity contribution in [3.8, 4) is 0 Å². The lowest BCUT2D eigenvalue weighted by Gasteiger charge is -2.14. The molecule has 0 aromatic carbocycles. The Morgan fingerprint density at radius 2 is 1.95 bits per heavy atom. The summed E-state index contributed by atoms with van der Waals surface area (Å²) in [5, 5.41) is 3.49. The fraction of sp³-hybridized carbons (Fsp3) is 0.471. The van der Waals surface area contributed by atoms with Gasteiger partial charge in [0.25, 0.3) is 0 Å². The zero-order chi connectivity index (χ0) is 15.1. The zero-order valence-electron chi connectivity index (χ0n) is 13.2. The van der Waals surface area contributed by atoms with Crippen LogP contribution < -0.4 is 5.32 Å². The lowest BCUT2D eigenvalue weighted by atomic mass is 10.2. The van der Waals surface area contributed by atoms with E-state index < -0.39 is 0 Å². The van der Waals surface area contributed by atoms with E-state index in [4.69, 9.17) is 0 Å². The summed E-state index contributed by atoms with van der Waals surface area (Å²) in [7, 11) is 2.14. The molecule has 0 saturated carbocycles. The number of nitrogens with one attached hydrogen (secondary N) is 1. The van der Waals surface area contributed by atoms with Gasteiger partial charge in [-0.3, -0.25) is 9.88 Å². The minimum absolute atomic E-state index is 0.703. The van der Waals surface area contributed by atoms with E-state index in [-0.39, 0.29) is 0 Å². The van der Waals surface area contributed by atoms with Crippen LogP contribution in [-0.2, 0) is 19.6 Å². The summed E-state index contributed by atoms with van der Waals surface area (Å²) in [5.74, 6) is 0.703. The van der Waals surface area contributed by atoms with Gasteiger partial charge in [0, 0.05) is 35.6 Å². The third kappa shape index (κ3) is 5.96. The topological polar surface area (TPSA) is 28.2 Å². The Balaban J connectivity index is 1.79. The zero-order valence-corrected chi connectivity index (χ0v) is 14.0. The van der Waals surface area contributed by atoms with Crippen LogP contribution in [0, 0.1) is 5.92 Å². The van der Waals surface area contributed by atoms with E-state index >= 15 is 0 Å². The Bertz CT molecular complexity index is 522. The van der Waals surface area contributed by atoms with Gasteiger partial charge < -0.3 is 5.32 Å². The number of nitrogens with zero attached hydrogens (tertiary/aromatic N) is 2. The van der Waals surface area contributed by atoms with E-state index in [0.717, 1.165) is 31.9 Å². The monoisotopic (exact) mass is 303 g/mol. The lowest BCUT2D eigenvalue weighted by Crippen LogP contribution is -2.18. The molecule has 0 saturated heterocycles. The van der Waals surface area contributed by atoms with Gasteiger partial charge in [-0.15, -0.1) is 11.3 Å². The Labute approximate surface area is 132 Å². The predicted octanol–water partition coefficient (Wildman–Crippen LogP) is 3.52. The van der Waals surface area contributed by atoms with Crippen molar-refractivity contribution < 1.29 is 0 Å². The number of hydrogen-bond acceptors (Lipinski definition) is 4. The molecule has 1 N–H and O–H groups in total. The lowest BCUT2D eigenvalue weighted by molar-refractivity contribution is 0.318. The molecule has 4 heteroatoms. The quantitative estimate of drug-likeness (QED) is 0.809. The Morgan fingerprint density at radius 3 is 2.67 bits per heavy atom. The smallest absolute Gasteiger partial charge is 0.0543 e. The fourth-order valence-electron chi connectivity index (χ4n) is 2.18. The van der Waals surface area contributed by atoms with Gasteiger partial charge in [0.05, 0.1) is 5.69 Å². The summed E-state index contributed by atoms with van der Waals surface area (Å²) in [4.78, 5) is 9.50. The van der Waals surface area contributed by atoms with Crippen molar-refractivity contribution in [1.82, 2.24) is 15.2 Å². The summed E-state index contributed by atoms with van der Waals surface area (Å²) in [6.07, 6.45) is 1.85. The fourth-order valence-corrected chi connectivity index (χ4v) is 3.24. The average molecular weight is 303 g/mol. The van der Waals surface area contributed by atoms with E-state index in [1.54, 1.807) is 0 Å². The first-order valence-corrected chi connectivity index (χ1v) is 8.32. The van der Waals surface area contributed by atoms with E-state index in [9.17, 15) is 0 Å². The van der Waals surface area contributed by atoms with Gasteiger partial charge in [-0.25, -0.2) is 0 Å². The highest BCUT2D eigenvalue weighted by Gasteiger charge is 2.05. The summed E-state index contributed by atoms with van der Waals surface area (Å²) in [6, 6.07) is 10.6. The van der Waals surface area contributed by atoms with Gasteiger partial charge in [-0.1, -0.05) is 19.9 Å². The van der Waals surface area contributed by atoms with Crippen LogP contribution in [0.1, 0.15) is 29.3 Å². The Morgan fingerprint density at radius 1 is 1.14 bits per heavy atom. The van der Waals surface area contributed by atoms with Crippen molar-refractivity contribution >= 4 is 11.3 Å². The van der Waals surface area contributed by atoms with Gasteiger partial charge in [0.2, 0.25) is 0 Å². The van der Waals surface area contributed by atoms with Crippen molar-refractivity contribution in [2.45, 2.75) is 33.5 Å². The van der Waals surface area contributed by atoms with Gasteiger partial charge in [-0.05, 0) is 43.8 Å². The van der Waals surface area contributed by atoms with Crippen molar-refractivity contribution in [1.29, 1.82) is 0 Å². The maximum absolute atomic E-state index is 4.37. The molecule has 0 unspecified atom stereocenters. The van der Waals surface area contributed by atoms with Crippen LogP contribution in [0.5, 0.6) is 0 Å². The average Bonchev–Trinajstić information content (AvgIpc) is 2.86. The van der Waals surface area contributed by atoms with Crippen LogP contribution in [0.25, 0.3) is 0 Å². The van der Waals surface area contributed by atoms with Crippen molar-refractivity contribution in [2.75, 3.05) is 13.6 Å². The number of pyridine rings is 1. The molecule has 114 valence electrons. The SMILES string of the molecule is CC(C)CNCc1ccc(CN(C)Cc2ccccn2)s1. The van der Waals surface area contributed by atoms with Gasteiger partial charge in [-0.2, -0.15) is 0 Å². The highest BCUT2D eigenvalue weighted by atomic mass is 32.1. The normalized spacial score (nSPS) is 11.5. The summed E-state index contributed by atoms with van der Waals surface area (Å²) >= 11 is 1.90. The van der Waals surface area contributed by atoms with Crippen LogP contribution in [0.15, 0.2) is 36.5 Å². The van der Waals surface area contributed by atoms with E-state index in [0.29, 0.717) is 5.92 Å². The largest absolute Gasteiger partial charge is 0.312 e. The first-order chi connectivity index (χ1) is 10.1. The predicted molar refractivity (Wildman–Crippen MR) is 90.3 cm³/mol. The van der Waals surface area contributed by atoms with Gasteiger partial charge in [0.1, 0.15) is 0 Å². The number of aromatic nitrogens is 1. The second-order valence-corrected chi connectivity index (χ2v) is 7.14. The Kier molecular flexibility index (Phi) is 6.36. The highest BCUT2D eigenvalue weighted by molar-refractivity contribution is 7.11. The van der Waals surface area contributed by atoms with Crippen molar-refractivity contribution in [3.63, 3.8) is 0 Å². The van der Waals surface area contributed by atoms with E-state index in [2.05, 4.69) is 54.3 Å². The molecule has 2 aromatic rings. The molecule has 0 fully saturated rings. The molecule has 0 bridgehead atoms. The standard InChI is InChI=1S/C17H25N3S/c1-14(2)10-18-11-16-7-8-17(21-16)13-20(3)12-15-6-4-5-9-19-15/h4-9,14,18H,10-13H2,1-3H3. The third-order valence-corrected chi connectivity index (χ3v) is 4.22. The molecule has 0 atom stereocenters. The summed E-state index contributed by atoms with van der Waals surface area (Å²) in [5.41, 5.74) is 1.12. The van der Waals surface area contributed by atoms with Crippen molar-refractivity contribution in [2.24, 2.45) is 5.92 Å². The highest BCUT2D eigenvalue weighted by Crippen LogP contribution is 2.18. The first kappa shape index (κ1) is 16.1. The molecule has 0 spiro atoms. The van der Waals surface area contributed by atoms with Crippen molar-refractivity contribution in [3.05, 3.63) is 52.0 Å². The first-order valence-electron chi connectivity index (χ1n) is 7.50. The third-order valence-electron chi connectivity index (χ3n) is 3.15. The Hall–Kier alpha value is -1.23. The maximum atomic E-state index is 4.37. The molecule has 21 heavy (non-hydrogen) atoms. The van der Waals surface area contributed by atoms with Crippen LogP contribution in [0.2, 0.25) is 0 Å². The van der Waals surface area contributed by atoms with Gasteiger partial charge in [0.15, 0.2) is 0 Å². The molecule has 2 heterocycles. The number of thiophene rings is 1. The molecule has 0 aliphatic rings. The summed E-state index contributed by atoms with van der Waals surface area (Å²) < 4.78 is 0. The second-order valence-electron chi connectivity index (χ2n) is 5.89. The number of hydrogen-bond donors (Lipinski definition) is 1. The molecular formula is C17H25N3S. The molecular weight excluding hydrogens is 278 g/mol. The van der Waals surface area contributed by atoms with Crippen LogP contribution in [0.4, 0.5) is 0 Å². The molecule has 0 radical (unpaired) electrons. The van der Waals surface area contributed by atoms with Crippen LogP contribution in [-0.4, -0.2) is 23.5 Å². The van der Waals surface area contributed by atoms with Crippen LogP contribution in [0.3, 0.4) is 0 Å². The molecule has 3 nitrogen and oxygen atoms in total. The van der Waals surface area contributed by atoms with E-state index in [1.807, 2.05) is 29.7 Å². The maximum Gasteiger partial charge on any atom is 0.0543 e. The molecule has 0 amide bonds. The number of rotatable bonds is 8.